The van der Waals surface area contributed by atoms with Crippen LogP contribution >= 0.6 is 23.1 Å². The second-order valence-electron chi connectivity index (χ2n) is 6.49. The third kappa shape index (κ3) is 3.78. The highest BCUT2D eigenvalue weighted by atomic mass is 32.2. The molecule has 0 atom stereocenters. The van der Waals surface area contributed by atoms with Crippen molar-refractivity contribution in [2.45, 2.75) is 15.9 Å². The summed E-state index contributed by atoms with van der Waals surface area (Å²) >= 11 is 3.10. The highest BCUT2D eigenvalue weighted by molar-refractivity contribution is 7.98. The van der Waals surface area contributed by atoms with Crippen LogP contribution in [0, 0.1) is 0 Å². The monoisotopic (exact) mass is 447 g/mol. The fourth-order valence-corrected chi connectivity index (χ4v) is 6.38. The molecule has 2 aromatic carbocycles. The van der Waals surface area contributed by atoms with Gasteiger partial charge in [-0.25, -0.2) is 18.4 Å². The summed E-state index contributed by atoms with van der Waals surface area (Å²) in [5, 5.41) is 1.49. The first-order valence-corrected chi connectivity index (χ1v) is 12.3. The molecule has 0 saturated carbocycles. The van der Waals surface area contributed by atoms with Crippen LogP contribution in [0.2, 0.25) is 0 Å². The van der Waals surface area contributed by atoms with Crippen LogP contribution in [-0.4, -0.2) is 49.0 Å². The number of fused-ring (bicyclic) bond motifs is 2. The van der Waals surface area contributed by atoms with Crippen LogP contribution in [0.3, 0.4) is 0 Å². The van der Waals surface area contributed by atoms with Crippen LogP contribution in [0.4, 0.5) is 0 Å². The summed E-state index contributed by atoms with van der Waals surface area (Å²) in [7, 11) is -3.56. The molecule has 0 unspecified atom stereocenters. The van der Waals surface area contributed by atoms with E-state index >= 15 is 0 Å². The van der Waals surface area contributed by atoms with Crippen molar-refractivity contribution < 1.29 is 17.6 Å². The zero-order valence-electron chi connectivity index (χ0n) is 15.3. The Morgan fingerprint density at radius 2 is 1.90 bits per heavy atom. The molecule has 0 spiro atoms. The number of hydrogen-bond acceptors (Lipinski definition) is 8. The number of benzene rings is 2. The Morgan fingerprint density at radius 1 is 1.07 bits per heavy atom. The van der Waals surface area contributed by atoms with Gasteiger partial charge >= 0.3 is 0 Å². The Morgan fingerprint density at radius 3 is 2.72 bits per heavy atom. The van der Waals surface area contributed by atoms with Gasteiger partial charge in [0, 0.05) is 13.1 Å². The van der Waals surface area contributed by atoms with Gasteiger partial charge in [-0.1, -0.05) is 23.9 Å². The molecule has 1 fully saturated rings. The molecule has 7 nitrogen and oxygen atoms in total. The topological polar surface area (TPSA) is 85.5 Å². The summed E-state index contributed by atoms with van der Waals surface area (Å²) in [4.78, 5) is 9.30. The number of morpholine rings is 1. The predicted molar refractivity (Wildman–Crippen MR) is 113 cm³/mol. The van der Waals surface area contributed by atoms with E-state index in [0.29, 0.717) is 48.4 Å². The Hall–Kier alpha value is -1.98. The van der Waals surface area contributed by atoms with Crippen molar-refractivity contribution in [3.8, 4) is 0 Å². The standard InChI is InChI=1S/C19H17N3O4S3/c23-29(24,22-7-9-25-10-8-22)13-5-6-16-15(11-13)21-19(26-16)27-12-18-20-14-3-1-2-4-17(14)28-18/h1-6,11H,7-10,12H2. The fourth-order valence-electron chi connectivity index (χ4n) is 3.15. The summed E-state index contributed by atoms with van der Waals surface area (Å²) < 4.78 is 39.3. The third-order valence-corrected chi connectivity index (χ3v) is 8.56. The van der Waals surface area contributed by atoms with E-state index in [1.54, 1.807) is 29.5 Å². The van der Waals surface area contributed by atoms with E-state index in [1.165, 1.54) is 16.1 Å². The van der Waals surface area contributed by atoms with Crippen molar-refractivity contribution in [1.82, 2.24) is 14.3 Å². The highest BCUT2D eigenvalue weighted by Crippen LogP contribution is 2.31. The maximum Gasteiger partial charge on any atom is 0.257 e. The van der Waals surface area contributed by atoms with Crippen molar-refractivity contribution in [2.24, 2.45) is 0 Å². The van der Waals surface area contributed by atoms with Gasteiger partial charge in [-0.05, 0) is 30.3 Å². The van der Waals surface area contributed by atoms with Crippen molar-refractivity contribution >= 4 is 54.4 Å². The molecule has 1 aliphatic heterocycles. The third-order valence-electron chi connectivity index (χ3n) is 4.60. The van der Waals surface area contributed by atoms with Crippen LogP contribution in [-0.2, 0) is 20.5 Å². The smallest absolute Gasteiger partial charge is 0.257 e. The first kappa shape index (κ1) is 19.0. The molecule has 3 heterocycles. The minimum atomic E-state index is -3.56. The number of nitrogens with zero attached hydrogens (tertiary/aromatic N) is 3. The van der Waals surface area contributed by atoms with Crippen LogP contribution in [0.15, 0.2) is 57.0 Å². The average molecular weight is 448 g/mol. The van der Waals surface area contributed by atoms with E-state index in [2.05, 4.69) is 16.0 Å². The summed E-state index contributed by atoms with van der Waals surface area (Å²) in [5.74, 6) is 0.644. The Labute approximate surface area is 175 Å². The van der Waals surface area contributed by atoms with Crippen molar-refractivity contribution in [3.05, 3.63) is 47.5 Å². The number of oxazole rings is 1. The molecule has 29 heavy (non-hydrogen) atoms. The van der Waals surface area contributed by atoms with Crippen LogP contribution in [0.5, 0.6) is 0 Å². The highest BCUT2D eigenvalue weighted by Gasteiger charge is 2.27. The molecular weight excluding hydrogens is 430 g/mol. The number of rotatable bonds is 5. The molecule has 10 heteroatoms. The van der Waals surface area contributed by atoms with Crippen LogP contribution in [0.25, 0.3) is 21.3 Å². The minimum absolute atomic E-state index is 0.225. The van der Waals surface area contributed by atoms with Gasteiger partial charge < -0.3 is 9.15 Å². The van der Waals surface area contributed by atoms with Gasteiger partial charge in [-0.15, -0.1) is 11.3 Å². The normalized spacial score (nSPS) is 16.0. The average Bonchev–Trinajstić information content (AvgIpc) is 3.35. The van der Waals surface area contributed by atoms with Crippen LogP contribution < -0.4 is 0 Å². The lowest BCUT2D eigenvalue weighted by Gasteiger charge is -2.25. The second-order valence-corrected chi connectivity index (χ2v) is 10.5. The number of sulfonamides is 1. The first-order chi connectivity index (χ1) is 14.1. The molecule has 5 rings (SSSR count). The number of aromatic nitrogens is 2. The van der Waals surface area contributed by atoms with Gasteiger partial charge in [-0.2, -0.15) is 4.31 Å². The molecule has 0 amide bonds. The molecular formula is C19H17N3O4S3. The van der Waals surface area contributed by atoms with E-state index in [1.807, 2.05) is 18.2 Å². The predicted octanol–water partition coefficient (Wildman–Crippen LogP) is 3.75. The summed E-state index contributed by atoms with van der Waals surface area (Å²) in [5.41, 5.74) is 2.09. The van der Waals surface area contributed by atoms with Crippen molar-refractivity contribution in [1.29, 1.82) is 0 Å². The Kier molecular flexibility index (Phi) is 5.04. The van der Waals surface area contributed by atoms with E-state index in [0.717, 1.165) is 15.2 Å². The Bertz CT molecular complexity index is 1240. The molecule has 2 aromatic heterocycles. The number of thiazole rings is 1. The lowest BCUT2D eigenvalue weighted by atomic mass is 10.3. The zero-order valence-corrected chi connectivity index (χ0v) is 17.7. The molecule has 0 bridgehead atoms. The van der Waals surface area contributed by atoms with E-state index in [-0.39, 0.29) is 4.90 Å². The SMILES string of the molecule is O=S(=O)(c1ccc2oc(SCc3nc4ccccc4s3)nc2c1)N1CCOCC1. The summed E-state index contributed by atoms with van der Waals surface area (Å²) in [6.45, 7) is 1.56. The molecule has 0 N–H and O–H groups in total. The van der Waals surface area contributed by atoms with Gasteiger partial charge in [0.05, 0.1) is 34.1 Å². The van der Waals surface area contributed by atoms with Gasteiger partial charge in [0.1, 0.15) is 10.5 Å². The van der Waals surface area contributed by atoms with Gasteiger partial charge in [0.2, 0.25) is 10.0 Å². The second kappa shape index (κ2) is 7.69. The lowest BCUT2D eigenvalue weighted by molar-refractivity contribution is 0.0730. The first-order valence-electron chi connectivity index (χ1n) is 9.05. The molecule has 4 aromatic rings. The van der Waals surface area contributed by atoms with Gasteiger partial charge in [0.25, 0.3) is 5.22 Å². The summed E-state index contributed by atoms with van der Waals surface area (Å²) in [6, 6.07) is 12.8. The van der Waals surface area contributed by atoms with E-state index < -0.39 is 10.0 Å². The van der Waals surface area contributed by atoms with Gasteiger partial charge in [0.15, 0.2) is 5.58 Å². The maximum atomic E-state index is 12.8. The number of ether oxygens (including phenoxy) is 1. The van der Waals surface area contributed by atoms with Crippen molar-refractivity contribution in [3.63, 3.8) is 0 Å². The molecule has 0 radical (unpaired) electrons. The largest absolute Gasteiger partial charge is 0.431 e. The minimum Gasteiger partial charge on any atom is -0.431 e. The van der Waals surface area contributed by atoms with E-state index in [9.17, 15) is 8.42 Å². The number of thioether (sulfide) groups is 1. The number of hydrogen-bond donors (Lipinski definition) is 0. The molecule has 1 saturated heterocycles. The van der Waals surface area contributed by atoms with E-state index in [4.69, 9.17) is 9.15 Å². The Balaban J connectivity index is 1.36. The lowest BCUT2D eigenvalue weighted by Crippen LogP contribution is -2.40. The fraction of sp³-hybridized carbons (Fsp3) is 0.263. The van der Waals surface area contributed by atoms with Gasteiger partial charge in [-0.3, -0.25) is 0 Å². The number of para-hydroxylation sites is 1. The maximum absolute atomic E-state index is 12.8. The van der Waals surface area contributed by atoms with Crippen molar-refractivity contribution in [2.75, 3.05) is 26.3 Å². The molecule has 1 aliphatic rings. The molecule has 150 valence electrons. The zero-order chi connectivity index (χ0) is 19.8. The van der Waals surface area contributed by atoms with Crippen LogP contribution in [0.1, 0.15) is 5.01 Å². The molecule has 0 aliphatic carbocycles. The quantitative estimate of drug-likeness (QED) is 0.431. The summed E-state index contributed by atoms with van der Waals surface area (Å²) in [6.07, 6.45) is 0.